The van der Waals surface area contributed by atoms with Crippen LogP contribution in [0.3, 0.4) is 0 Å². The molecule has 0 atom stereocenters. The van der Waals surface area contributed by atoms with Crippen LogP contribution in [0.2, 0.25) is 0 Å². The first-order valence-corrected chi connectivity index (χ1v) is 6.15. The lowest BCUT2D eigenvalue weighted by Gasteiger charge is -1.93. The molecule has 0 aromatic carbocycles. The summed E-state index contributed by atoms with van der Waals surface area (Å²) in [6.45, 7) is 1.87. The molecule has 0 fully saturated rings. The predicted molar refractivity (Wildman–Crippen MR) is 65.6 cm³/mol. The smallest absolute Gasteiger partial charge is 0.397 e. The van der Waals surface area contributed by atoms with Crippen molar-refractivity contribution in [1.82, 2.24) is 0 Å². The zero-order valence-electron chi connectivity index (χ0n) is 8.60. The maximum absolute atomic E-state index is 12.0. The third-order valence-corrected chi connectivity index (χ3v) is 3.95. The van der Waals surface area contributed by atoms with Crippen LogP contribution in [0, 0.1) is 17.0 Å². The molecule has 17 heavy (non-hydrogen) atoms. The second-order valence-corrected chi connectivity index (χ2v) is 5.37. The van der Waals surface area contributed by atoms with Crippen LogP contribution in [-0.4, -0.2) is 10.7 Å². The van der Waals surface area contributed by atoms with E-state index in [1.807, 2.05) is 13.0 Å². The van der Waals surface area contributed by atoms with Crippen molar-refractivity contribution in [3.8, 4) is 0 Å². The fraction of sp³-hybridized carbons (Fsp3) is 0.100. The number of rotatable bonds is 3. The molecule has 0 saturated heterocycles. The van der Waals surface area contributed by atoms with Gasteiger partial charge in [0.25, 0.3) is 0 Å². The number of aryl methyl sites for hydroxylation is 1. The molecule has 2 heterocycles. The minimum atomic E-state index is -0.675. The van der Waals surface area contributed by atoms with E-state index >= 15 is 0 Å². The maximum Gasteiger partial charge on any atom is 0.433 e. The summed E-state index contributed by atoms with van der Waals surface area (Å²) in [5, 5.41) is 10.4. The molecule has 0 N–H and O–H groups in total. The van der Waals surface area contributed by atoms with Gasteiger partial charge in [-0.15, -0.1) is 11.3 Å². The minimum Gasteiger partial charge on any atom is -0.397 e. The molecular weight excluding hydrogens is 310 g/mol. The number of hydrogen-bond donors (Lipinski definition) is 0. The third kappa shape index (κ3) is 2.29. The summed E-state index contributed by atoms with van der Waals surface area (Å²) in [6.07, 6.45) is 0. The first-order chi connectivity index (χ1) is 7.99. The van der Waals surface area contributed by atoms with Gasteiger partial charge in [-0.1, -0.05) is 0 Å². The summed E-state index contributed by atoms with van der Waals surface area (Å²) in [6, 6.07) is 4.29. The van der Waals surface area contributed by atoms with Gasteiger partial charge < -0.3 is 4.42 Å². The van der Waals surface area contributed by atoms with Crippen LogP contribution < -0.4 is 0 Å². The zero-order chi connectivity index (χ0) is 12.6. The van der Waals surface area contributed by atoms with Gasteiger partial charge in [0.2, 0.25) is 5.78 Å². The number of thiophene rings is 1. The van der Waals surface area contributed by atoms with Crippen molar-refractivity contribution in [2.24, 2.45) is 0 Å². The van der Waals surface area contributed by atoms with Crippen LogP contribution in [0.1, 0.15) is 20.3 Å². The van der Waals surface area contributed by atoms with Gasteiger partial charge in [0, 0.05) is 9.35 Å². The van der Waals surface area contributed by atoms with E-state index in [1.54, 1.807) is 0 Å². The molecule has 7 heteroatoms. The Morgan fingerprint density at radius 2 is 2.24 bits per heavy atom. The molecule has 0 spiro atoms. The fourth-order valence-corrected chi connectivity index (χ4v) is 3.06. The van der Waals surface area contributed by atoms with Crippen LogP contribution >= 0.6 is 27.3 Å². The lowest BCUT2D eigenvalue weighted by Crippen LogP contribution is -1.97. The number of ketones is 1. The summed E-state index contributed by atoms with van der Waals surface area (Å²) in [5.74, 6) is -0.819. The van der Waals surface area contributed by atoms with Crippen molar-refractivity contribution >= 4 is 38.9 Å². The van der Waals surface area contributed by atoms with E-state index in [-0.39, 0.29) is 11.5 Å². The Kier molecular flexibility index (Phi) is 3.12. The van der Waals surface area contributed by atoms with E-state index in [4.69, 9.17) is 4.42 Å². The van der Waals surface area contributed by atoms with E-state index in [0.717, 1.165) is 4.88 Å². The summed E-state index contributed by atoms with van der Waals surface area (Å²) in [4.78, 5) is 23.2. The van der Waals surface area contributed by atoms with E-state index in [0.29, 0.717) is 9.35 Å². The highest BCUT2D eigenvalue weighted by Crippen LogP contribution is 2.30. The van der Waals surface area contributed by atoms with Gasteiger partial charge in [-0.2, -0.15) is 0 Å². The topological polar surface area (TPSA) is 73.3 Å². The number of furan rings is 1. The first-order valence-electron chi connectivity index (χ1n) is 4.54. The van der Waals surface area contributed by atoms with Gasteiger partial charge in [0.15, 0.2) is 5.76 Å². The van der Waals surface area contributed by atoms with E-state index in [9.17, 15) is 14.9 Å². The Morgan fingerprint density at radius 3 is 2.71 bits per heavy atom. The van der Waals surface area contributed by atoms with Gasteiger partial charge in [-0.25, -0.2) is 0 Å². The van der Waals surface area contributed by atoms with Crippen LogP contribution in [0.15, 0.2) is 27.1 Å². The highest BCUT2D eigenvalue weighted by molar-refractivity contribution is 9.10. The Balaban J connectivity index is 2.37. The third-order valence-electron chi connectivity index (χ3n) is 2.01. The highest BCUT2D eigenvalue weighted by atomic mass is 79.9. The Hall–Kier alpha value is -1.47. The largest absolute Gasteiger partial charge is 0.433 e. The van der Waals surface area contributed by atoms with Gasteiger partial charge >= 0.3 is 5.88 Å². The molecule has 5 nitrogen and oxygen atoms in total. The Morgan fingerprint density at radius 1 is 1.53 bits per heavy atom. The molecule has 2 aromatic heterocycles. The Bertz CT molecular complexity index is 601. The molecule has 0 aliphatic carbocycles. The summed E-state index contributed by atoms with van der Waals surface area (Å²) in [5.41, 5.74) is 0. The van der Waals surface area contributed by atoms with Gasteiger partial charge in [0.1, 0.15) is 4.92 Å². The number of halogens is 1. The van der Waals surface area contributed by atoms with Gasteiger partial charge in [-0.05, 0) is 35.0 Å². The molecular formula is C10H6BrNO4S. The number of hydrogen-bond acceptors (Lipinski definition) is 5. The molecule has 2 rings (SSSR count). The fourth-order valence-electron chi connectivity index (χ4n) is 1.30. The average Bonchev–Trinajstić information content (AvgIpc) is 2.84. The summed E-state index contributed by atoms with van der Waals surface area (Å²) in [7, 11) is 0. The summed E-state index contributed by atoms with van der Waals surface area (Å²) >= 11 is 4.57. The molecule has 0 aliphatic heterocycles. The standard InChI is InChI=1S/C10H6BrNO4S/c1-5-4-6(11)10(17-5)9(13)7-2-3-8(16-7)12(14)15/h2-4H,1H3. The van der Waals surface area contributed by atoms with Crippen molar-refractivity contribution in [3.63, 3.8) is 0 Å². The Labute approximate surface area is 108 Å². The molecule has 88 valence electrons. The van der Waals surface area contributed by atoms with Crippen LogP contribution in [-0.2, 0) is 0 Å². The lowest BCUT2D eigenvalue weighted by atomic mass is 10.2. The number of nitrogens with zero attached hydrogens (tertiary/aromatic N) is 1. The molecule has 0 bridgehead atoms. The van der Waals surface area contributed by atoms with Crippen molar-refractivity contribution in [1.29, 1.82) is 0 Å². The lowest BCUT2D eigenvalue weighted by molar-refractivity contribution is -0.402. The first kappa shape index (κ1) is 12.0. The van der Waals surface area contributed by atoms with Crippen LogP contribution in [0.25, 0.3) is 0 Å². The quantitative estimate of drug-likeness (QED) is 0.493. The molecule has 0 aliphatic rings. The highest BCUT2D eigenvalue weighted by Gasteiger charge is 2.21. The van der Waals surface area contributed by atoms with Crippen molar-refractivity contribution in [2.75, 3.05) is 0 Å². The van der Waals surface area contributed by atoms with Crippen molar-refractivity contribution < 1.29 is 14.1 Å². The second-order valence-electron chi connectivity index (χ2n) is 3.26. The number of carbonyl (C=O) groups excluding carboxylic acids is 1. The van der Waals surface area contributed by atoms with Gasteiger partial charge in [0.05, 0.1) is 10.9 Å². The molecule has 0 saturated carbocycles. The van der Waals surface area contributed by atoms with Crippen LogP contribution in [0.5, 0.6) is 0 Å². The maximum atomic E-state index is 12.0. The number of carbonyl (C=O) groups is 1. The van der Waals surface area contributed by atoms with Crippen LogP contribution in [0.4, 0.5) is 5.88 Å². The van der Waals surface area contributed by atoms with Gasteiger partial charge in [-0.3, -0.25) is 14.9 Å². The predicted octanol–water partition coefficient (Wildman–Crippen LogP) is 3.55. The van der Waals surface area contributed by atoms with E-state index in [1.165, 1.54) is 23.5 Å². The monoisotopic (exact) mass is 315 g/mol. The number of nitro groups is 1. The van der Waals surface area contributed by atoms with Crippen molar-refractivity contribution in [2.45, 2.75) is 6.92 Å². The zero-order valence-corrected chi connectivity index (χ0v) is 11.0. The normalized spacial score (nSPS) is 10.5. The average molecular weight is 316 g/mol. The minimum absolute atomic E-state index is 0.0285. The molecule has 2 aromatic rings. The van der Waals surface area contributed by atoms with Crippen molar-refractivity contribution in [3.05, 3.63) is 48.3 Å². The molecule has 0 unspecified atom stereocenters. The SMILES string of the molecule is Cc1cc(Br)c(C(=O)c2ccc([N+](=O)[O-])o2)s1. The van der Waals surface area contributed by atoms with E-state index in [2.05, 4.69) is 15.9 Å². The molecule has 0 amide bonds. The summed E-state index contributed by atoms with van der Waals surface area (Å²) < 4.78 is 5.53. The van der Waals surface area contributed by atoms with E-state index < -0.39 is 10.8 Å². The molecule has 0 radical (unpaired) electrons. The second kappa shape index (κ2) is 4.42.